The molecule has 1 heterocycles. The lowest BCUT2D eigenvalue weighted by atomic mass is 10.2. The number of aliphatic imine (C=N–C) groups is 1. The minimum absolute atomic E-state index is 0.303. The molecule has 4 nitrogen and oxygen atoms in total. The van der Waals surface area contributed by atoms with E-state index < -0.39 is 0 Å². The van der Waals surface area contributed by atoms with E-state index in [1.54, 1.807) is 19.1 Å². The number of benzene rings is 1. The number of ether oxygens (including phenoxy) is 1. The summed E-state index contributed by atoms with van der Waals surface area (Å²) in [6.07, 6.45) is 3.93. The molecule has 0 unspecified atom stereocenters. The number of hydrogen-bond donors (Lipinski definition) is 0. The molecule has 0 bridgehead atoms. The number of esters is 1. The second kappa shape index (κ2) is 7.07. The van der Waals surface area contributed by atoms with Crippen LogP contribution in [-0.4, -0.2) is 23.4 Å². The van der Waals surface area contributed by atoms with Crippen molar-refractivity contribution in [2.24, 2.45) is 4.99 Å². The van der Waals surface area contributed by atoms with Crippen molar-refractivity contribution in [2.75, 3.05) is 6.61 Å². The highest BCUT2D eigenvalue weighted by Gasteiger charge is 2.05. The third-order valence-electron chi connectivity index (χ3n) is 3.37. The average Bonchev–Trinajstić information content (AvgIpc) is 2.87. The summed E-state index contributed by atoms with van der Waals surface area (Å²) in [5.74, 6) is -0.303. The molecule has 0 radical (unpaired) electrons. The van der Waals surface area contributed by atoms with Crippen molar-refractivity contribution in [3.8, 4) is 0 Å². The van der Waals surface area contributed by atoms with Crippen molar-refractivity contribution in [3.63, 3.8) is 0 Å². The van der Waals surface area contributed by atoms with Gasteiger partial charge in [-0.05, 0) is 58.0 Å². The van der Waals surface area contributed by atoms with Crippen LogP contribution in [0.5, 0.6) is 0 Å². The van der Waals surface area contributed by atoms with Gasteiger partial charge in [-0.1, -0.05) is 0 Å². The highest BCUT2D eigenvalue weighted by Crippen LogP contribution is 2.16. The molecule has 0 saturated carbocycles. The lowest BCUT2D eigenvalue weighted by Crippen LogP contribution is -2.03. The Morgan fingerprint density at radius 3 is 2.55 bits per heavy atom. The third kappa shape index (κ3) is 3.85. The van der Waals surface area contributed by atoms with E-state index in [0.717, 1.165) is 11.3 Å². The van der Waals surface area contributed by atoms with Crippen LogP contribution in [0, 0.1) is 6.92 Å². The van der Waals surface area contributed by atoms with Gasteiger partial charge in [-0.25, -0.2) is 4.79 Å². The molecule has 0 amide bonds. The minimum Gasteiger partial charge on any atom is -0.462 e. The van der Waals surface area contributed by atoms with E-state index in [1.807, 2.05) is 18.3 Å². The summed E-state index contributed by atoms with van der Waals surface area (Å²) in [5.41, 5.74) is 3.64. The van der Waals surface area contributed by atoms with Gasteiger partial charge in [-0.3, -0.25) is 4.99 Å². The summed E-state index contributed by atoms with van der Waals surface area (Å²) >= 11 is 0. The van der Waals surface area contributed by atoms with Gasteiger partial charge in [0, 0.05) is 29.7 Å². The van der Waals surface area contributed by atoms with Gasteiger partial charge in [0.1, 0.15) is 0 Å². The molecule has 0 spiro atoms. The van der Waals surface area contributed by atoms with Crippen LogP contribution >= 0.6 is 0 Å². The summed E-state index contributed by atoms with van der Waals surface area (Å²) in [5, 5.41) is 0. The molecule has 0 aliphatic heterocycles. The van der Waals surface area contributed by atoms with Crippen LogP contribution in [-0.2, 0) is 4.74 Å². The zero-order chi connectivity index (χ0) is 16.1. The molecule has 116 valence electrons. The minimum atomic E-state index is -0.303. The van der Waals surface area contributed by atoms with Crippen molar-refractivity contribution < 1.29 is 9.53 Å². The second-order valence-corrected chi connectivity index (χ2v) is 5.44. The Hall–Kier alpha value is -2.36. The first-order valence-corrected chi connectivity index (χ1v) is 7.51. The van der Waals surface area contributed by atoms with Crippen molar-refractivity contribution in [3.05, 3.63) is 53.3 Å². The van der Waals surface area contributed by atoms with E-state index in [2.05, 4.69) is 42.6 Å². The highest BCUT2D eigenvalue weighted by molar-refractivity contribution is 5.90. The Morgan fingerprint density at radius 2 is 2.00 bits per heavy atom. The van der Waals surface area contributed by atoms with E-state index in [4.69, 9.17) is 4.74 Å². The van der Waals surface area contributed by atoms with Crippen LogP contribution in [0.1, 0.15) is 48.4 Å². The number of carbonyl (C=O) groups is 1. The standard InChI is InChI=1S/C18H22N2O2/c1-5-22-18(21)16-6-8-17(9-7-16)19-11-15-10-14(4)20(12-15)13(2)3/h6-13H,5H2,1-4H3. The number of aromatic nitrogens is 1. The monoisotopic (exact) mass is 298 g/mol. The molecule has 0 N–H and O–H groups in total. The van der Waals surface area contributed by atoms with Crippen LogP contribution < -0.4 is 0 Å². The van der Waals surface area contributed by atoms with E-state index in [9.17, 15) is 4.79 Å². The van der Waals surface area contributed by atoms with Crippen LogP contribution in [0.4, 0.5) is 5.69 Å². The van der Waals surface area contributed by atoms with Gasteiger partial charge in [0.2, 0.25) is 0 Å². The predicted molar refractivity (Wildman–Crippen MR) is 89.2 cm³/mol. The van der Waals surface area contributed by atoms with E-state index in [0.29, 0.717) is 18.2 Å². The van der Waals surface area contributed by atoms with Gasteiger partial charge in [0.15, 0.2) is 0 Å². The predicted octanol–water partition coefficient (Wildman–Crippen LogP) is 4.30. The molecular formula is C18H22N2O2. The second-order valence-electron chi connectivity index (χ2n) is 5.44. The van der Waals surface area contributed by atoms with Gasteiger partial charge >= 0.3 is 5.97 Å². The lowest BCUT2D eigenvalue weighted by molar-refractivity contribution is 0.0526. The summed E-state index contributed by atoms with van der Waals surface area (Å²) in [7, 11) is 0. The third-order valence-corrected chi connectivity index (χ3v) is 3.37. The fraction of sp³-hybridized carbons (Fsp3) is 0.333. The SMILES string of the molecule is CCOC(=O)c1ccc(N=Cc2cc(C)n(C(C)C)c2)cc1. The van der Waals surface area contributed by atoms with Gasteiger partial charge < -0.3 is 9.30 Å². The largest absolute Gasteiger partial charge is 0.462 e. The van der Waals surface area contributed by atoms with Crippen molar-refractivity contribution in [1.82, 2.24) is 4.57 Å². The zero-order valence-electron chi connectivity index (χ0n) is 13.5. The molecule has 0 aliphatic rings. The lowest BCUT2D eigenvalue weighted by Gasteiger charge is -2.08. The first-order valence-electron chi connectivity index (χ1n) is 7.51. The number of aryl methyl sites for hydroxylation is 1. The molecule has 1 aromatic heterocycles. The molecule has 2 aromatic rings. The number of hydrogen-bond acceptors (Lipinski definition) is 3. The summed E-state index contributed by atoms with van der Waals surface area (Å²) in [6, 6.07) is 9.64. The van der Waals surface area contributed by atoms with E-state index in [1.165, 1.54) is 5.69 Å². The Kier molecular flexibility index (Phi) is 5.15. The fourth-order valence-electron chi connectivity index (χ4n) is 2.29. The quantitative estimate of drug-likeness (QED) is 0.610. The summed E-state index contributed by atoms with van der Waals surface area (Å²) in [6.45, 7) is 8.57. The van der Waals surface area contributed by atoms with Gasteiger partial charge in [0.05, 0.1) is 17.9 Å². The topological polar surface area (TPSA) is 43.6 Å². The Bertz CT molecular complexity index is 667. The molecular weight excluding hydrogens is 276 g/mol. The van der Waals surface area contributed by atoms with Crippen LogP contribution in [0.3, 0.4) is 0 Å². The Balaban J connectivity index is 2.10. The summed E-state index contributed by atoms with van der Waals surface area (Å²) < 4.78 is 7.17. The van der Waals surface area contributed by atoms with Crippen molar-refractivity contribution >= 4 is 17.9 Å². The summed E-state index contributed by atoms with van der Waals surface area (Å²) in [4.78, 5) is 16.0. The van der Waals surface area contributed by atoms with E-state index in [-0.39, 0.29) is 5.97 Å². The van der Waals surface area contributed by atoms with Crippen LogP contribution in [0.15, 0.2) is 41.5 Å². The molecule has 2 rings (SSSR count). The molecule has 0 atom stereocenters. The first-order chi connectivity index (χ1) is 10.5. The maximum absolute atomic E-state index is 11.6. The maximum atomic E-state index is 11.6. The normalized spacial score (nSPS) is 11.3. The Morgan fingerprint density at radius 1 is 1.32 bits per heavy atom. The van der Waals surface area contributed by atoms with Gasteiger partial charge in [-0.2, -0.15) is 0 Å². The molecule has 22 heavy (non-hydrogen) atoms. The zero-order valence-corrected chi connectivity index (χ0v) is 13.5. The molecule has 0 saturated heterocycles. The molecule has 1 aromatic carbocycles. The fourth-order valence-corrected chi connectivity index (χ4v) is 2.29. The van der Waals surface area contributed by atoms with Gasteiger partial charge in [-0.15, -0.1) is 0 Å². The first kappa shape index (κ1) is 16.0. The smallest absolute Gasteiger partial charge is 0.338 e. The number of nitrogens with zero attached hydrogens (tertiary/aromatic N) is 2. The van der Waals surface area contributed by atoms with Crippen LogP contribution in [0.25, 0.3) is 0 Å². The van der Waals surface area contributed by atoms with Crippen LogP contribution in [0.2, 0.25) is 0 Å². The van der Waals surface area contributed by atoms with E-state index >= 15 is 0 Å². The highest BCUT2D eigenvalue weighted by atomic mass is 16.5. The molecule has 0 aliphatic carbocycles. The number of carbonyl (C=O) groups excluding carboxylic acids is 1. The molecule has 4 heteroatoms. The van der Waals surface area contributed by atoms with Gasteiger partial charge in [0.25, 0.3) is 0 Å². The Labute approximate surface area is 131 Å². The number of rotatable bonds is 5. The average molecular weight is 298 g/mol. The van der Waals surface area contributed by atoms with Crippen molar-refractivity contribution in [1.29, 1.82) is 0 Å². The van der Waals surface area contributed by atoms with Crippen molar-refractivity contribution in [2.45, 2.75) is 33.7 Å². The molecule has 0 fully saturated rings. The maximum Gasteiger partial charge on any atom is 0.338 e.